The highest BCUT2D eigenvalue weighted by atomic mass is 35.5. The van der Waals surface area contributed by atoms with Crippen molar-refractivity contribution in [1.82, 2.24) is 9.03 Å². The maximum absolute atomic E-state index is 12.8. The fourth-order valence-electron chi connectivity index (χ4n) is 2.52. The summed E-state index contributed by atoms with van der Waals surface area (Å²) in [6, 6.07) is 4.28. The molecule has 24 heavy (non-hydrogen) atoms. The normalized spacial score (nSPS) is 20.0. The summed E-state index contributed by atoms with van der Waals surface area (Å²) in [5.41, 5.74) is 0. The highest BCUT2D eigenvalue weighted by Crippen LogP contribution is 2.30. The molecule has 1 fully saturated rings. The van der Waals surface area contributed by atoms with Gasteiger partial charge in [-0.05, 0) is 37.0 Å². The first-order chi connectivity index (χ1) is 11.2. The van der Waals surface area contributed by atoms with E-state index in [0.717, 1.165) is 11.8 Å². The van der Waals surface area contributed by atoms with E-state index in [1.807, 2.05) is 0 Å². The van der Waals surface area contributed by atoms with E-state index < -0.39 is 20.0 Å². The molecule has 0 aliphatic carbocycles. The summed E-state index contributed by atoms with van der Waals surface area (Å²) >= 11 is 11.9. The molecular formula is C14H18Cl2N2O4S2. The summed E-state index contributed by atoms with van der Waals surface area (Å²) in [6.45, 7) is 3.95. The van der Waals surface area contributed by atoms with E-state index in [9.17, 15) is 16.8 Å². The third-order valence-corrected chi connectivity index (χ3v) is 7.38. The minimum atomic E-state index is -3.79. The van der Waals surface area contributed by atoms with Crippen molar-refractivity contribution in [3.63, 3.8) is 0 Å². The standard InChI is InChI=1S/C14H18Cl2N2O4S2/c1-2-23(19,20)17-9-11-4-3-7-18(10-11)24(21,22)14-8-12(15)5-6-13(14)16/h2,5-6,8,11,17H,1,3-4,7,9-10H2. The quantitative estimate of drug-likeness (QED) is 0.777. The Morgan fingerprint density at radius 1 is 1.29 bits per heavy atom. The van der Waals surface area contributed by atoms with Crippen molar-refractivity contribution in [3.8, 4) is 0 Å². The predicted molar refractivity (Wildman–Crippen MR) is 95.1 cm³/mol. The van der Waals surface area contributed by atoms with Crippen molar-refractivity contribution >= 4 is 43.2 Å². The van der Waals surface area contributed by atoms with Gasteiger partial charge in [0.15, 0.2) is 0 Å². The highest BCUT2D eigenvalue weighted by Gasteiger charge is 2.32. The molecule has 1 aliphatic heterocycles. The largest absolute Gasteiger partial charge is 0.244 e. The van der Waals surface area contributed by atoms with E-state index in [2.05, 4.69) is 11.3 Å². The van der Waals surface area contributed by atoms with E-state index in [-0.39, 0.29) is 33.9 Å². The molecule has 1 heterocycles. The number of benzene rings is 1. The number of hydrogen-bond donors (Lipinski definition) is 1. The summed E-state index contributed by atoms with van der Waals surface area (Å²) in [5.74, 6) is -0.124. The van der Waals surface area contributed by atoms with Crippen LogP contribution in [0.1, 0.15) is 12.8 Å². The lowest BCUT2D eigenvalue weighted by Gasteiger charge is -2.32. The van der Waals surface area contributed by atoms with Gasteiger partial charge >= 0.3 is 0 Å². The molecule has 0 radical (unpaired) electrons. The zero-order valence-electron chi connectivity index (χ0n) is 12.8. The monoisotopic (exact) mass is 412 g/mol. The van der Waals surface area contributed by atoms with Crippen LogP contribution in [0.5, 0.6) is 0 Å². The van der Waals surface area contributed by atoms with E-state index in [0.29, 0.717) is 13.0 Å². The molecule has 10 heteroatoms. The predicted octanol–water partition coefficient (Wildman–Crippen LogP) is 2.46. The minimum absolute atomic E-state index is 0.0380. The number of sulfonamides is 2. The number of piperidine rings is 1. The average molecular weight is 413 g/mol. The second-order valence-electron chi connectivity index (χ2n) is 5.51. The lowest BCUT2D eigenvalue weighted by molar-refractivity contribution is 0.267. The first-order valence-electron chi connectivity index (χ1n) is 7.23. The maximum atomic E-state index is 12.8. The Bertz CT molecular complexity index is 825. The molecular weight excluding hydrogens is 395 g/mol. The number of nitrogens with zero attached hydrogens (tertiary/aromatic N) is 1. The Hall–Kier alpha value is -0.640. The number of hydrogen-bond acceptors (Lipinski definition) is 4. The Labute approximate surface area is 152 Å². The zero-order valence-corrected chi connectivity index (χ0v) is 15.9. The van der Waals surface area contributed by atoms with E-state index in [1.54, 1.807) is 0 Å². The van der Waals surface area contributed by atoms with Gasteiger partial charge < -0.3 is 0 Å². The van der Waals surface area contributed by atoms with Gasteiger partial charge in [-0.25, -0.2) is 21.6 Å². The fraction of sp³-hybridized carbons (Fsp3) is 0.429. The van der Waals surface area contributed by atoms with Crippen LogP contribution < -0.4 is 4.72 Å². The molecule has 1 saturated heterocycles. The van der Waals surface area contributed by atoms with Crippen molar-refractivity contribution in [1.29, 1.82) is 0 Å². The van der Waals surface area contributed by atoms with Crippen LogP contribution >= 0.6 is 23.2 Å². The molecule has 1 atom stereocenters. The first kappa shape index (κ1) is 19.7. The van der Waals surface area contributed by atoms with Crippen LogP contribution in [0.15, 0.2) is 35.1 Å². The van der Waals surface area contributed by atoms with Gasteiger partial charge in [0.2, 0.25) is 20.0 Å². The summed E-state index contributed by atoms with van der Waals surface area (Å²) in [5, 5.41) is 1.22. The Balaban J connectivity index is 2.16. The lowest BCUT2D eigenvalue weighted by Crippen LogP contribution is -2.43. The van der Waals surface area contributed by atoms with Crippen LogP contribution in [-0.4, -0.2) is 40.8 Å². The minimum Gasteiger partial charge on any atom is -0.211 e. The van der Waals surface area contributed by atoms with Gasteiger partial charge in [0.25, 0.3) is 0 Å². The molecule has 6 nitrogen and oxygen atoms in total. The second kappa shape index (κ2) is 7.72. The molecule has 134 valence electrons. The van der Waals surface area contributed by atoms with Crippen LogP contribution in [0.25, 0.3) is 0 Å². The van der Waals surface area contributed by atoms with Gasteiger partial charge in [-0.15, -0.1) is 0 Å². The summed E-state index contributed by atoms with van der Waals surface area (Å²) in [7, 11) is -7.32. The highest BCUT2D eigenvalue weighted by molar-refractivity contribution is 7.92. The fourth-order valence-corrected chi connectivity index (χ4v) is 5.40. The average Bonchev–Trinajstić information content (AvgIpc) is 2.55. The van der Waals surface area contributed by atoms with Gasteiger partial charge in [0.1, 0.15) is 4.90 Å². The van der Waals surface area contributed by atoms with Crippen LogP contribution in [0.3, 0.4) is 0 Å². The molecule has 1 unspecified atom stereocenters. The molecule has 0 spiro atoms. The number of halogens is 2. The van der Waals surface area contributed by atoms with Crippen molar-refractivity contribution < 1.29 is 16.8 Å². The summed E-state index contributed by atoms with van der Waals surface area (Å²) < 4.78 is 52.2. The van der Waals surface area contributed by atoms with Gasteiger partial charge in [-0.1, -0.05) is 29.8 Å². The molecule has 0 aromatic heterocycles. The van der Waals surface area contributed by atoms with Crippen molar-refractivity contribution in [2.45, 2.75) is 17.7 Å². The zero-order chi connectivity index (χ0) is 18.0. The number of nitrogens with one attached hydrogen (secondary N) is 1. The van der Waals surface area contributed by atoms with Gasteiger partial charge in [0, 0.05) is 30.1 Å². The molecule has 0 bridgehead atoms. The van der Waals surface area contributed by atoms with Crippen molar-refractivity contribution in [2.75, 3.05) is 19.6 Å². The molecule has 1 aliphatic rings. The molecule has 1 aromatic carbocycles. The van der Waals surface area contributed by atoms with Crippen molar-refractivity contribution in [2.24, 2.45) is 5.92 Å². The SMILES string of the molecule is C=CS(=O)(=O)NCC1CCCN(S(=O)(=O)c2cc(Cl)ccc2Cl)C1. The van der Waals surface area contributed by atoms with Gasteiger partial charge in [-0.3, -0.25) is 0 Å². The van der Waals surface area contributed by atoms with E-state index in [1.165, 1.54) is 22.5 Å². The molecule has 0 saturated carbocycles. The van der Waals surface area contributed by atoms with Crippen LogP contribution in [0.2, 0.25) is 10.0 Å². The Kier molecular flexibility index (Phi) is 6.33. The third kappa shape index (κ3) is 4.71. The lowest BCUT2D eigenvalue weighted by atomic mass is 10.0. The van der Waals surface area contributed by atoms with Gasteiger partial charge in [-0.2, -0.15) is 4.31 Å². The first-order valence-corrected chi connectivity index (χ1v) is 11.0. The summed E-state index contributed by atoms with van der Waals surface area (Å²) in [6.07, 6.45) is 1.37. The Morgan fingerprint density at radius 2 is 2.00 bits per heavy atom. The van der Waals surface area contributed by atoms with E-state index >= 15 is 0 Å². The Morgan fingerprint density at radius 3 is 2.67 bits per heavy atom. The number of rotatable bonds is 6. The maximum Gasteiger partial charge on any atom is 0.244 e. The van der Waals surface area contributed by atoms with Crippen LogP contribution in [0, 0.1) is 5.92 Å². The molecule has 1 N–H and O–H groups in total. The summed E-state index contributed by atoms with van der Waals surface area (Å²) in [4.78, 5) is -0.0380. The van der Waals surface area contributed by atoms with Gasteiger partial charge in [0.05, 0.1) is 5.02 Å². The third-order valence-electron chi connectivity index (χ3n) is 3.79. The molecule has 2 rings (SSSR count). The van der Waals surface area contributed by atoms with Crippen LogP contribution in [-0.2, 0) is 20.0 Å². The second-order valence-corrected chi connectivity index (χ2v) is 9.97. The van der Waals surface area contributed by atoms with E-state index in [4.69, 9.17) is 23.2 Å². The molecule has 0 amide bonds. The topological polar surface area (TPSA) is 83.6 Å². The smallest absolute Gasteiger partial charge is 0.211 e. The molecule has 1 aromatic rings. The van der Waals surface area contributed by atoms with Crippen molar-refractivity contribution in [3.05, 3.63) is 40.2 Å². The van der Waals surface area contributed by atoms with Crippen LogP contribution in [0.4, 0.5) is 0 Å².